The van der Waals surface area contributed by atoms with Gasteiger partial charge in [0, 0.05) is 24.4 Å². The van der Waals surface area contributed by atoms with Crippen LogP contribution in [0.2, 0.25) is 0 Å². The Bertz CT molecular complexity index is 271. The number of hydrogen-bond donors (Lipinski definition) is 1. The second-order valence-electron chi connectivity index (χ2n) is 4.30. The highest BCUT2D eigenvalue weighted by atomic mass is 32.2. The molecule has 3 nitrogen and oxygen atoms in total. The summed E-state index contributed by atoms with van der Waals surface area (Å²) in [7, 11) is 0. The lowest BCUT2D eigenvalue weighted by molar-refractivity contribution is 0.204. The Hall–Kier alpha value is -0.900. The van der Waals surface area contributed by atoms with E-state index in [1.165, 1.54) is 6.42 Å². The number of nitrogens with one attached hydrogen (secondary N) is 1. The average molecular weight is 254 g/mol. The van der Waals surface area contributed by atoms with Gasteiger partial charge in [-0.15, -0.1) is 13.2 Å². The van der Waals surface area contributed by atoms with E-state index in [2.05, 4.69) is 24.7 Å². The number of hydrogen-bond acceptors (Lipinski definition) is 2. The van der Waals surface area contributed by atoms with Crippen LogP contribution in [0.1, 0.15) is 19.3 Å². The summed E-state index contributed by atoms with van der Waals surface area (Å²) in [6.45, 7) is 8.46. The number of rotatable bonds is 6. The van der Waals surface area contributed by atoms with Crippen molar-refractivity contribution in [3.8, 4) is 0 Å². The number of carbonyl (C=O) groups excluding carboxylic acids is 1. The molecule has 0 aliphatic heterocycles. The Morgan fingerprint density at radius 3 is 2.53 bits per heavy atom. The topological polar surface area (TPSA) is 32.3 Å². The van der Waals surface area contributed by atoms with Crippen LogP contribution < -0.4 is 5.32 Å². The van der Waals surface area contributed by atoms with Gasteiger partial charge in [-0.25, -0.2) is 4.79 Å². The molecule has 0 aromatic rings. The molecule has 1 fully saturated rings. The Morgan fingerprint density at radius 1 is 1.41 bits per heavy atom. The van der Waals surface area contributed by atoms with E-state index >= 15 is 0 Å². The smallest absolute Gasteiger partial charge is 0.318 e. The van der Waals surface area contributed by atoms with Crippen molar-refractivity contribution < 1.29 is 4.79 Å². The van der Waals surface area contributed by atoms with Crippen LogP contribution in [0.25, 0.3) is 0 Å². The Morgan fingerprint density at radius 2 is 2.06 bits per heavy atom. The molecule has 0 aromatic heterocycles. The van der Waals surface area contributed by atoms with E-state index in [1.807, 2.05) is 11.8 Å². The summed E-state index contributed by atoms with van der Waals surface area (Å²) in [5.41, 5.74) is 0. The van der Waals surface area contributed by atoms with Crippen LogP contribution in [-0.4, -0.2) is 41.6 Å². The molecule has 1 aliphatic carbocycles. The molecule has 1 aliphatic rings. The van der Waals surface area contributed by atoms with Crippen molar-refractivity contribution in [2.24, 2.45) is 0 Å². The highest BCUT2D eigenvalue weighted by Crippen LogP contribution is 2.28. The third-order valence-corrected chi connectivity index (χ3v) is 4.13. The largest absolute Gasteiger partial charge is 0.335 e. The first-order chi connectivity index (χ1) is 8.21. The first kappa shape index (κ1) is 14.2. The zero-order valence-corrected chi connectivity index (χ0v) is 11.3. The fraction of sp³-hybridized carbons (Fsp3) is 0.615. The van der Waals surface area contributed by atoms with E-state index in [-0.39, 0.29) is 6.03 Å². The van der Waals surface area contributed by atoms with Crippen LogP contribution in [0.3, 0.4) is 0 Å². The van der Waals surface area contributed by atoms with Crippen LogP contribution in [0.5, 0.6) is 0 Å². The Labute approximate surface area is 108 Å². The second kappa shape index (κ2) is 7.43. The maximum absolute atomic E-state index is 12.0. The molecule has 0 radical (unpaired) electrons. The molecule has 0 aromatic carbocycles. The highest BCUT2D eigenvalue weighted by molar-refractivity contribution is 7.99. The maximum Gasteiger partial charge on any atom is 0.318 e. The van der Waals surface area contributed by atoms with Crippen LogP contribution in [0.15, 0.2) is 25.3 Å². The molecule has 0 bridgehead atoms. The van der Waals surface area contributed by atoms with E-state index < -0.39 is 0 Å². The van der Waals surface area contributed by atoms with Gasteiger partial charge >= 0.3 is 6.03 Å². The van der Waals surface area contributed by atoms with Gasteiger partial charge in [-0.05, 0) is 25.5 Å². The fourth-order valence-corrected chi connectivity index (χ4v) is 2.90. The van der Waals surface area contributed by atoms with Gasteiger partial charge in [-0.3, -0.25) is 0 Å². The van der Waals surface area contributed by atoms with Crippen LogP contribution in [0.4, 0.5) is 4.79 Å². The standard InChI is InChI=1S/C13H22N2OS/c1-4-8-15(9-5-2)13(16)14-11-6-7-12(10-11)17-3/h4-5,11-12H,1-2,6-10H2,3H3,(H,14,16). The van der Waals surface area contributed by atoms with Gasteiger partial charge in [0.15, 0.2) is 0 Å². The van der Waals surface area contributed by atoms with Gasteiger partial charge < -0.3 is 10.2 Å². The third-order valence-electron chi connectivity index (χ3n) is 3.03. The van der Waals surface area contributed by atoms with E-state index in [9.17, 15) is 4.79 Å². The van der Waals surface area contributed by atoms with Gasteiger partial charge in [-0.2, -0.15) is 11.8 Å². The molecule has 1 N–H and O–H groups in total. The van der Waals surface area contributed by atoms with E-state index in [4.69, 9.17) is 0 Å². The van der Waals surface area contributed by atoms with Crippen molar-refractivity contribution in [3.63, 3.8) is 0 Å². The molecule has 1 rings (SSSR count). The average Bonchev–Trinajstić information content (AvgIpc) is 2.76. The predicted octanol–water partition coefficient (Wildman–Crippen LogP) is 2.65. The monoisotopic (exact) mass is 254 g/mol. The minimum atomic E-state index is -0.00319. The summed E-state index contributed by atoms with van der Waals surface area (Å²) in [6.07, 6.45) is 8.99. The van der Waals surface area contributed by atoms with Crippen LogP contribution >= 0.6 is 11.8 Å². The van der Waals surface area contributed by atoms with Gasteiger partial charge in [-0.1, -0.05) is 12.2 Å². The zero-order chi connectivity index (χ0) is 12.7. The van der Waals surface area contributed by atoms with E-state index in [0.29, 0.717) is 24.4 Å². The van der Waals surface area contributed by atoms with Gasteiger partial charge in [0.2, 0.25) is 0 Å². The first-order valence-electron chi connectivity index (χ1n) is 6.01. The normalized spacial score (nSPS) is 23.1. The van der Waals surface area contributed by atoms with Crippen molar-refractivity contribution >= 4 is 17.8 Å². The second-order valence-corrected chi connectivity index (χ2v) is 5.44. The zero-order valence-electron chi connectivity index (χ0n) is 10.5. The molecule has 0 spiro atoms. The van der Waals surface area contributed by atoms with Crippen molar-refractivity contribution in [3.05, 3.63) is 25.3 Å². The summed E-state index contributed by atoms with van der Waals surface area (Å²) in [4.78, 5) is 13.7. The molecule has 0 saturated heterocycles. The number of carbonyl (C=O) groups is 1. The summed E-state index contributed by atoms with van der Waals surface area (Å²) in [5.74, 6) is 0. The number of thioether (sulfide) groups is 1. The predicted molar refractivity (Wildman–Crippen MR) is 75.4 cm³/mol. The number of nitrogens with zero attached hydrogens (tertiary/aromatic N) is 1. The van der Waals surface area contributed by atoms with Gasteiger partial charge in [0.25, 0.3) is 0 Å². The quantitative estimate of drug-likeness (QED) is 0.739. The Balaban J connectivity index is 2.41. The van der Waals surface area contributed by atoms with E-state index in [0.717, 1.165) is 12.8 Å². The fourth-order valence-electron chi connectivity index (χ4n) is 2.10. The number of urea groups is 1. The van der Waals surface area contributed by atoms with Crippen molar-refractivity contribution in [1.82, 2.24) is 10.2 Å². The minimum absolute atomic E-state index is 0.00319. The molecule has 2 amide bonds. The molecule has 2 unspecified atom stereocenters. The summed E-state index contributed by atoms with van der Waals surface area (Å²) >= 11 is 1.89. The molecule has 4 heteroatoms. The maximum atomic E-state index is 12.0. The SMILES string of the molecule is C=CCN(CC=C)C(=O)NC1CCC(SC)C1. The van der Waals surface area contributed by atoms with Crippen LogP contribution in [0, 0.1) is 0 Å². The molecular weight excluding hydrogens is 232 g/mol. The third kappa shape index (κ3) is 4.46. The lowest BCUT2D eigenvalue weighted by atomic mass is 10.2. The lowest BCUT2D eigenvalue weighted by Gasteiger charge is -2.22. The van der Waals surface area contributed by atoms with Gasteiger partial charge in [0.1, 0.15) is 0 Å². The first-order valence-corrected chi connectivity index (χ1v) is 7.30. The molecule has 2 atom stereocenters. The lowest BCUT2D eigenvalue weighted by Crippen LogP contribution is -2.44. The number of amides is 2. The van der Waals surface area contributed by atoms with Crippen molar-refractivity contribution in [2.75, 3.05) is 19.3 Å². The molecule has 0 heterocycles. The summed E-state index contributed by atoms with van der Waals surface area (Å²) < 4.78 is 0. The molecular formula is C13H22N2OS. The minimum Gasteiger partial charge on any atom is -0.335 e. The Kier molecular flexibility index (Phi) is 6.19. The van der Waals surface area contributed by atoms with Crippen molar-refractivity contribution in [1.29, 1.82) is 0 Å². The molecule has 1 saturated carbocycles. The molecule has 96 valence electrons. The molecule has 17 heavy (non-hydrogen) atoms. The summed E-state index contributed by atoms with van der Waals surface area (Å²) in [6, 6.07) is 0.327. The van der Waals surface area contributed by atoms with E-state index in [1.54, 1.807) is 17.1 Å². The van der Waals surface area contributed by atoms with Crippen molar-refractivity contribution in [2.45, 2.75) is 30.6 Å². The highest BCUT2D eigenvalue weighted by Gasteiger charge is 2.26. The van der Waals surface area contributed by atoms with Gasteiger partial charge in [0.05, 0.1) is 0 Å². The van der Waals surface area contributed by atoms with Crippen LogP contribution in [-0.2, 0) is 0 Å². The summed E-state index contributed by atoms with van der Waals surface area (Å²) in [5, 5.41) is 3.79.